The van der Waals surface area contributed by atoms with Gasteiger partial charge in [-0.2, -0.15) is 0 Å². The van der Waals surface area contributed by atoms with Crippen molar-refractivity contribution in [1.29, 1.82) is 0 Å². The standard InChI is InChI=1S/C9H18N2O3/c1-4-10-8(12)5-6-11-7(2)9(13)14-3/h7,11H,4-6H2,1-3H3,(H,10,12). The first-order valence-corrected chi connectivity index (χ1v) is 4.69. The first-order chi connectivity index (χ1) is 6.61. The van der Waals surface area contributed by atoms with E-state index in [1.807, 2.05) is 6.92 Å². The molecule has 5 heteroatoms. The molecule has 0 rings (SSSR count). The molecule has 0 saturated carbocycles. The summed E-state index contributed by atoms with van der Waals surface area (Å²) < 4.78 is 4.52. The molecular weight excluding hydrogens is 184 g/mol. The van der Waals surface area contributed by atoms with Gasteiger partial charge in [-0.15, -0.1) is 0 Å². The Bertz CT molecular complexity index is 194. The Labute approximate surface area is 84.2 Å². The van der Waals surface area contributed by atoms with Crippen LogP contribution in [0.3, 0.4) is 0 Å². The summed E-state index contributed by atoms with van der Waals surface area (Å²) in [5.41, 5.74) is 0. The molecule has 0 radical (unpaired) electrons. The highest BCUT2D eigenvalue weighted by atomic mass is 16.5. The molecule has 14 heavy (non-hydrogen) atoms. The normalized spacial score (nSPS) is 11.9. The Morgan fingerprint density at radius 3 is 2.57 bits per heavy atom. The highest BCUT2D eigenvalue weighted by molar-refractivity contribution is 5.77. The van der Waals surface area contributed by atoms with E-state index in [1.54, 1.807) is 6.92 Å². The maximum atomic E-state index is 11.0. The highest BCUT2D eigenvalue weighted by Crippen LogP contribution is 1.86. The monoisotopic (exact) mass is 202 g/mol. The van der Waals surface area contributed by atoms with Gasteiger partial charge < -0.3 is 15.4 Å². The molecule has 0 spiro atoms. The first-order valence-electron chi connectivity index (χ1n) is 4.69. The van der Waals surface area contributed by atoms with Crippen LogP contribution in [-0.2, 0) is 14.3 Å². The molecule has 0 fully saturated rings. The number of hydrogen-bond acceptors (Lipinski definition) is 4. The fourth-order valence-electron chi connectivity index (χ4n) is 0.948. The third-order valence-electron chi connectivity index (χ3n) is 1.73. The van der Waals surface area contributed by atoms with E-state index in [-0.39, 0.29) is 17.9 Å². The highest BCUT2D eigenvalue weighted by Gasteiger charge is 2.11. The molecule has 0 bridgehead atoms. The SMILES string of the molecule is CCNC(=O)CCNC(C)C(=O)OC. The Balaban J connectivity index is 3.53. The number of amides is 1. The molecule has 2 N–H and O–H groups in total. The van der Waals surface area contributed by atoms with Crippen molar-refractivity contribution in [3.8, 4) is 0 Å². The largest absolute Gasteiger partial charge is 0.468 e. The molecule has 5 nitrogen and oxygen atoms in total. The summed E-state index contributed by atoms with van der Waals surface area (Å²) in [5.74, 6) is -0.335. The Kier molecular flexibility index (Phi) is 6.74. The average molecular weight is 202 g/mol. The van der Waals surface area contributed by atoms with Crippen LogP contribution in [0.2, 0.25) is 0 Å². The quantitative estimate of drug-likeness (QED) is 0.578. The van der Waals surface area contributed by atoms with Crippen LogP contribution in [0.5, 0.6) is 0 Å². The van der Waals surface area contributed by atoms with E-state index < -0.39 is 0 Å². The summed E-state index contributed by atoms with van der Waals surface area (Å²) in [6.45, 7) is 4.67. The Morgan fingerprint density at radius 1 is 1.43 bits per heavy atom. The number of methoxy groups -OCH3 is 1. The molecule has 1 unspecified atom stereocenters. The zero-order chi connectivity index (χ0) is 11.0. The van der Waals surface area contributed by atoms with Crippen LogP contribution >= 0.6 is 0 Å². The molecule has 0 saturated heterocycles. The minimum Gasteiger partial charge on any atom is -0.468 e. The van der Waals surface area contributed by atoms with Gasteiger partial charge in [0, 0.05) is 19.5 Å². The summed E-state index contributed by atoms with van der Waals surface area (Å²) in [6, 6.07) is -0.366. The molecule has 0 aliphatic carbocycles. The minimum absolute atomic E-state index is 0.0166. The van der Waals surface area contributed by atoms with Crippen molar-refractivity contribution in [2.75, 3.05) is 20.2 Å². The number of nitrogens with one attached hydrogen (secondary N) is 2. The van der Waals surface area contributed by atoms with E-state index in [0.717, 1.165) is 0 Å². The molecule has 0 heterocycles. The van der Waals surface area contributed by atoms with Crippen molar-refractivity contribution in [3.05, 3.63) is 0 Å². The van der Waals surface area contributed by atoms with Crippen molar-refractivity contribution in [2.24, 2.45) is 0 Å². The number of hydrogen-bond donors (Lipinski definition) is 2. The van der Waals surface area contributed by atoms with Crippen molar-refractivity contribution < 1.29 is 14.3 Å². The maximum Gasteiger partial charge on any atom is 0.322 e. The summed E-state index contributed by atoms with van der Waals surface area (Å²) in [6.07, 6.45) is 0.370. The fraction of sp³-hybridized carbons (Fsp3) is 0.778. The van der Waals surface area contributed by atoms with Gasteiger partial charge in [-0.05, 0) is 13.8 Å². The molecule has 1 atom stereocenters. The lowest BCUT2D eigenvalue weighted by Crippen LogP contribution is -2.37. The molecule has 1 amide bonds. The maximum absolute atomic E-state index is 11.0. The zero-order valence-corrected chi connectivity index (χ0v) is 8.92. The van der Waals surface area contributed by atoms with Crippen LogP contribution in [-0.4, -0.2) is 38.1 Å². The lowest BCUT2D eigenvalue weighted by atomic mass is 10.3. The van der Waals surface area contributed by atoms with Gasteiger partial charge in [0.2, 0.25) is 5.91 Å². The number of esters is 1. The van der Waals surface area contributed by atoms with Crippen molar-refractivity contribution in [1.82, 2.24) is 10.6 Å². The lowest BCUT2D eigenvalue weighted by molar-refractivity contribution is -0.142. The second kappa shape index (κ2) is 7.32. The van der Waals surface area contributed by atoms with Gasteiger partial charge in [0.1, 0.15) is 6.04 Å². The molecule has 0 aromatic rings. The lowest BCUT2D eigenvalue weighted by Gasteiger charge is -2.10. The third-order valence-corrected chi connectivity index (χ3v) is 1.73. The average Bonchev–Trinajstić information content (AvgIpc) is 2.16. The minimum atomic E-state index is -0.366. The Morgan fingerprint density at radius 2 is 2.07 bits per heavy atom. The van der Waals surface area contributed by atoms with Gasteiger partial charge in [-0.25, -0.2) is 0 Å². The second-order valence-corrected chi connectivity index (χ2v) is 2.90. The topological polar surface area (TPSA) is 67.4 Å². The molecule has 0 aromatic heterocycles. The van der Waals surface area contributed by atoms with Crippen molar-refractivity contribution in [2.45, 2.75) is 26.3 Å². The Hall–Kier alpha value is -1.10. The van der Waals surface area contributed by atoms with Crippen LogP contribution in [0, 0.1) is 0 Å². The first kappa shape index (κ1) is 12.9. The molecular formula is C9H18N2O3. The smallest absolute Gasteiger partial charge is 0.322 e. The van der Waals surface area contributed by atoms with Crippen molar-refractivity contribution >= 4 is 11.9 Å². The number of carbonyl (C=O) groups is 2. The number of rotatable bonds is 6. The van der Waals surface area contributed by atoms with E-state index in [1.165, 1.54) is 7.11 Å². The van der Waals surface area contributed by atoms with Gasteiger partial charge in [-0.3, -0.25) is 9.59 Å². The predicted molar refractivity (Wildman–Crippen MR) is 52.8 cm³/mol. The van der Waals surface area contributed by atoms with E-state index in [4.69, 9.17) is 0 Å². The van der Waals surface area contributed by atoms with Crippen molar-refractivity contribution in [3.63, 3.8) is 0 Å². The number of carbonyl (C=O) groups excluding carboxylic acids is 2. The van der Waals surface area contributed by atoms with E-state index in [2.05, 4.69) is 15.4 Å². The third kappa shape index (κ3) is 5.53. The van der Waals surface area contributed by atoms with E-state index >= 15 is 0 Å². The number of ether oxygens (including phenoxy) is 1. The second-order valence-electron chi connectivity index (χ2n) is 2.90. The van der Waals surface area contributed by atoms with Gasteiger partial charge in [0.15, 0.2) is 0 Å². The van der Waals surface area contributed by atoms with Gasteiger partial charge in [0.25, 0.3) is 0 Å². The van der Waals surface area contributed by atoms with E-state index in [0.29, 0.717) is 19.5 Å². The fourth-order valence-corrected chi connectivity index (χ4v) is 0.948. The molecule has 82 valence electrons. The van der Waals surface area contributed by atoms with Gasteiger partial charge >= 0.3 is 5.97 Å². The summed E-state index contributed by atoms with van der Waals surface area (Å²) in [4.78, 5) is 21.9. The van der Waals surface area contributed by atoms with E-state index in [9.17, 15) is 9.59 Å². The summed E-state index contributed by atoms with van der Waals surface area (Å²) in [7, 11) is 1.34. The van der Waals surface area contributed by atoms with Crippen LogP contribution in [0.15, 0.2) is 0 Å². The summed E-state index contributed by atoms with van der Waals surface area (Å²) in [5, 5.41) is 5.55. The van der Waals surface area contributed by atoms with Crippen LogP contribution in [0.4, 0.5) is 0 Å². The van der Waals surface area contributed by atoms with Gasteiger partial charge in [0.05, 0.1) is 7.11 Å². The molecule has 0 aliphatic heterocycles. The van der Waals surface area contributed by atoms with Crippen LogP contribution < -0.4 is 10.6 Å². The molecule has 0 aromatic carbocycles. The predicted octanol–water partition coefficient (Wildman–Crippen LogP) is -0.336. The van der Waals surface area contributed by atoms with Crippen LogP contribution in [0.1, 0.15) is 20.3 Å². The van der Waals surface area contributed by atoms with Crippen LogP contribution in [0.25, 0.3) is 0 Å². The van der Waals surface area contributed by atoms with Gasteiger partial charge in [-0.1, -0.05) is 0 Å². The summed E-state index contributed by atoms with van der Waals surface area (Å²) >= 11 is 0. The zero-order valence-electron chi connectivity index (χ0n) is 8.92. The molecule has 0 aliphatic rings.